The van der Waals surface area contributed by atoms with E-state index in [0.717, 1.165) is 4.31 Å². The van der Waals surface area contributed by atoms with Crippen molar-refractivity contribution in [3.63, 3.8) is 0 Å². The van der Waals surface area contributed by atoms with Crippen molar-refractivity contribution in [3.8, 4) is 11.5 Å². The van der Waals surface area contributed by atoms with Crippen LogP contribution in [-0.2, 0) is 14.8 Å². The molecule has 0 bridgehead atoms. The van der Waals surface area contributed by atoms with E-state index in [1.54, 1.807) is 55.5 Å². The molecule has 1 N–H and O–H groups in total. The van der Waals surface area contributed by atoms with Crippen molar-refractivity contribution in [2.24, 2.45) is 0 Å². The number of hydrogen-bond donors (Lipinski definition) is 1. The van der Waals surface area contributed by atoms with Gasteiger partial charge in [-0.15, -0.1) is 0 Å². The number of anilines is 1. The maximum Gasteiger partial charge on any atom is 0.264 e. The highest BCUT2D eigenvalue weighted by Crippen LogP contribution is 2.32. The molecule has 0 aromatic heterocycles. The molecular weight excluding hydrogens is 499 g/mol. The fourth-order valence-corrected chi connectivity index (χ4v) is 4.73. The van der Waals surface area contributed by atoms with E-state index in [-0.39, 0.29) is 23.7 Å². The van der Waals surface area contributed by atoms with Crippen molar-refractivity contribution in [3.05, 3.63) is 82.8 Å². The summed E-state index contributed by atoms with van der Waals surface area (Å²) in [6, 6.07) is 19.2. The number of sulfonamides is 1. The minimum absolute atomic E-state index is 0.00192. The van der Waals surface area contributed by atoms with E-state index < -0.39 is 22.5 Å². The third-order valence-electron chi connectivity index (χ3n) is 4.63. The number of benzene rings is 3. The molecule has 3 rings (SSSR count). The van der Waals surface area contributed by atoms with Crippen molar-refractivity contribution in [2.45, 2.75) is 11.8 Å². The van der Waals surface area contributed by atoms with E-state index in [4.69, 9.17) is 32.7 Å². The van der Waals surface area contributed by atoms with Gasteiger partial charge in [0.25, 0.3) is 10.0 Å². The topological polar surface area (TPSA) is 84.9 Å². The van der Waals surface area contributed by atoms with Crippen molar-refractivity contribution in [1.29, 1.82) is 0 Å². The van der Waals surface area contributed by atoms with Crippen LogP contribution in [0.5, 0.6) is 11.5 Å². The predicted octanol–water partition coefficient (Wildman–Crippen LogP) is 4.78. The van der Waals surface area contributed by atoms with Crippen LogP contribution in [0.3, 0.4) is 0 Å². The summed E-state index contributed by atoms with van der Waals surface area (Å²) in [5.74, 6) is 0.459. The molecule has 3 aromatic rings. The highest BCUT2D eigenvalue weighted by atomic mass is 35.5. The Kier molecular flexibility index (Phi) is 9.04. The summed E-state index contributed by atoms with van der Waals surface area (Å²) in [6.45, 7) is 2.06. The molecule has 10 heteroatoms. The van der Waals surface area contributed by atoms with E-state index in [9.17, 15) is 13.2 Å². The molecule has 0 saturated heterocycles. The number of carbonyl (C=O) groups excluding carboxylic acids is 1. The lowest BCUT2D eigenvalue weighted by molar-refractivity contribution is -0.119. The number of para-hydroxylation sites is 2. The molecule has 0 heterocycles. The van der Waals surface area contributed by atoms with Gasteiger partial charge in [0.15, 0.2) is 0 Å². The minimum atomic E-state index is -4.09. The molecule has 0 unspecified atom stereocenters. The van der Waals surface area contributed by atoms with Crippen LogP contribution >= 0.6 is 23.2 Å². The van der Waals surface area contributed by atoms with Crippen molar-refractivity contribution >= 4 is 44.8 Å². The van der Waals surface area contributed by atoms with Gasteiger partial charge in [0.1, 0.15) is 24.7 Å². The smallest absolute Gasteiger partial charge is 0.264 e. The first kappa shape index (κ1) is 25.7. The Hall–Kier alpha value is -2.94. The van der Waals surface area contributed by atoms with Crippen LogP contribution in [-0.4, -0.2) is 40.6 Å². The maximum atomic E-state index is 13.5. The van der Waals surface area contributed by atoms with Gasteiger partial charge in [-0.3, -0.25) is 9.10 Å². The largest absolute Gasteiger partial charge is 0.492 e. The van der Waals surface area contributed by atoms with E-state index in [2.05, 4.69) is 5.32 Å². The first-order valence-electron chi connectivity index (χ1n) is 10.5. The lowest BCUT2D eigenvalue weighted by Crippen LogP contribution is -2.42. The molecule has 0 aliphatic carbocycles. The quantitative estimate of drug-likeness (QED) is 0.366. The van der Waals surface area contributed by atoms with Gasteiger partial charge >= 0.3 is 0 Å². The predicted molar refractivity (Wildman–Crippen MR) is 134 cm³/mol. The molecule has 0 aliphatic rings. The second kappa shape index (κ2) is 12.0. The van der Waals surface area contributed by atoms with Gasteiger partial charge < -0.3 is 14.8 Å². The van der Waals surface area contributed by atoms with Crippen LogP contribution in [0.4, 0.5) is 5.69 Å². The highest BCUT2D eigenvalue weighted by Gasteiger charge is 2.29. The van der Waals surface area contributed by atoms with Crippen molar-refractivity contribution in [1.82, 2.24) is 5.32 Å². The van der Waals surface area contributed by atoms with E-state index >= 15 is 0 Å². The number of carbonyl (C=O) groups is 1. The van der Waals surface area contributed by atoms with Crippen LogP contribution in [0.15, 0.2) is 77.7 Å². The monoisotopic (exact) mass is 522 g/mol. The number of amides is 1. The van der Waals surface area contributed by atoms with Crippen LogP contribution < -0.4 is 19.1 Å². The molecule has 3 aromatic carbocycles. The molecule has 0 fully saturated rings. The zero-order valence-electron chi connectivity index (χ0n) is 18.4. The molecule has 0 spiro atoms. The van der Waals surface area contributed by atoms with Gasteiger partial charge in [-0.1, -0.05) is 35.3 Å². The lowest BCUT2D eigenvalue weighted by atomic mass is 10.3. The summed E-state index contributed by atoms with van der Waals surface area (Å²) >= 11 is 11.8. The Labute approximate surface area is 209 Å². The van der Waals surface area contributed by atoms with Crippen molar-refractivity contribution in [2.75, 3.05) is 30.6 Å². The fourth-order valence-electron chi connectivity index (χ4n) is 3.05. The molecule has 0 atom stereocenters. The Morgan fingerprint density at radius 1 is 0.912 bits per heavy atom. The maximum absolute atomic E-state index is 13.5. The number of hydrogen-bond acceptors (Lipinski definition) is 5. The van der Waals surface area contributed by atoms with Gasteiger partial charge in [0, 0.05) is 10.0 Å². The van der Waals surface area contributed by atoms with Gasteiger partial charge in [-0.2, -0.15) is 0 Å². The Morgan fingerprint density at radius 2 is 1.53 bits per heavy atom. The van der Waals surface area contributed by atoms with Crippen LogP contribution in [0.1, 0.15) is 6.92 Å². The lowest BCUT2D eigenvalue weighted by Gasteiger charge is -2.26. The van der Waals surface area contributed by atoms with Crippen LogP contribution in [0, 0.1) is 0 Å². The third-order valence-corrected chi connectivity index (χ3v) is 6.91. The second-order valence-electron chi connectivity index (χ2n) is 7.02. The van der Waals surface area contributed by atoms with Gasteiger partial charge in [0.05, 0.1) is 23.7 Å². The van der Waals surface area contributed by atoms with Crippen LogP contribution in [0.25, 0.3) is 0 Å². The zero-order valence-corrected chi connectivity index (χ0v) is 20.7. The fraction of sp³-hybridized carbons (Fsp3) is 0.208. The van der Waals surface area contributed by atoms with Crippen LogP contribution in [0.2, 0.25) is 10.0 Å². The first-order chi connectivity index (χ1) is 16.3. The summed E-state index contributed by atoms with van der Waals surface area (Å²) in [4.78, 5) is 12.7. The number of nitrogens with zero attached hydrogens (tertiary/aromatic N) is 1. The summed E-state index contributed by atoms with van der Waals surface area (Å²) in [5.41, 5.74) is 0.256. The molecule has 7 nitrogen and oxygen atoms in total. The molecule has 34 heavy (non-hydrogen) atoms. The molecule has 0 aliphatic heterocycles. The third kappa shape index (κ3) is 6.79. The van der Waals surface area contributed by atoms with Crippen molar-refractivity contribution < 1.29 is 22.7 Å². The summed E-state index contributed by atoms with van der Waals surface area (Å²) < 4.78 is 39.2. The average Bonchev–Trinajstić information content (AvgIpc) is 2.82. The Balaban J connectivity index is 1.76. The Morgan fingerprint density at radius 3 is 2.18 bits per heavy atom. The van der Waals surface area contributed by atoms with Gasteiger partial charge in [0.2, 0.25) is 5.91 Å². The second-order valence-corrected chi connectivity index (χ2v) is 9.75. The molecule has 0 saturated carbocycles. The first-order valence-corrected chi connectivity index (χ1v) is 12.7. The average molecular weight is 523 g/mol. The number of rotatable bonds is 11. The summed E-state index contributed by atoms with van der Waals surface area (Å²) in [5, 5.41) is 3.68. The standard InChI is InChI=1S/C24H24Cl2N2O5S/c1-2-32-23-6-4-3-5-22(23)28(34(30,31)21-13-9-19(26)10-14-21)17-24(29)27-15-16-33-20-11-7-18(25)8-12-20/h3-14H,2,15-17H2,1H3,(H,27,29). The molecular formula is C24H24Cl2N2O5S. The summed E-state index contributed by atoms with van der Waals surface area (Å²) in [7, 11) is -4.09. The molecule has 180 valence electrons. The Bertz CT molecular complexity index is 1200. The number of halogens is 2. The molecule has 1 amide bonds. The normalized spacial score (nSPS) is 11.0. The van der Waals surface area contributed by atoms with E-state index in [1.165, 1.54) is 24.3 Å². The minimum Gasteiger partial charge on any atom is -0.492 e. The molecule has 0 radical (unpaired) electrons. The van der Waals surface area contributed by atoms with Gasteiger partial charge in [-0.25, -0.2) is 8.42 Å². The number of nitrogens with one attached hydrogen (secondary N) is 1. The van der Waals surface area contributed by atoms with Gasteiger partial charge in [-0.05, 0) is 67.6 Å². The zero-order chi connectivity index (χ0) is 24.6. The van der Waals surface area contributed by atoms with E-state index in [0.29, 0.717) is 28.2 Å². The summed E-state index contributed by atoms with van der Waals surface area (Å²) in [6.07, 6.45) is 0. The van der Waals surface area contributed by atoms with E-state index in [1.807, 2.05) is 0 Å². The number of ether oxygens (including phenoxy) is 2. The SMILES string of the molecule is CCOc1ccccc1N(CC(=O)NCCOc1ccc(Cl)cc1)S(=O)(=O)c1ccc(Cl)cc1. The highest BCUT2D eigenvalue weighted by molar-refractivity contribution is 7.92.